The van der Waals surface area contributed by atoms with E-state index in [2.05, 4.69) is 66.9 Å². The Balaban J connectivity index is 1.68. The molecule has 4 rings (SSSR count). The number of nitro groups is 1. The molecule has 1 aliphatic rings. The average molecular weight is 403 g/mol. The van der Waals surface area contributed by atoms with Gasteiger partial charge in [-0.1, -0.05) is 87.2 Å². The van der Waals surface area contributed by atoms with Gasteiger partial charge in [-0.3, -0.25) is 10.1 Å². The molecule has 1 fully saturated rings. The molecule has 0 radical (unpaired) electrons. The van der Waals surface area contributed by atoms with Crippen LogP contribution in [0, 0.1) is 22.0 Å². The highest BCUT2D eigenvalue weighted by Crippen LogP contribution is 2.40. The summed E-state index contributed by atoms with van der Waals surface area (Å²) >= 11 is 0. The fraction of sp³-hybridized carbons (Fsp3) is 0.385. The summed E-state index contributed by atoms with van der Waals surface area (Å²) in [5.41, 5.74) is 3.43. The van der Waals surface area contributed by atoms with Crippen LogP contribution in [0.1, 0.15) is 51.5 Å². The summed E-state index contributed by atoms with van der Waals surface area (Å²) < 4.78 is 2.06. The molecule has 1 atom stereocenters. The largest absolute Gasteiger partial charge is 0.338 e. The van der Waals surface area contributed by atoms with E-state index in [1.54, 1.807) is 12.3 Å². The number of nitrogens with zero attached hydrogens (tertiary/aromatic N) is 2. The van der Waals surface area contributed by atoms with Gasteiger partial charge in [-0.2, -0.15) is 0 Å². The van der Waals surface area contributed by atoms with Gasteiger partial charge in [-0.05, 0) is 41.9 Å². The minimum absolute atomic E-state index is 0.152. The third-order valence-corrected chi connectivity index (χ3v) is 6.89. The standard InChI is InChI=1S/C26H30N2O2/c1-20-8-10-21(11-9-20)18-26(2,27-17-16-25(19-27)28(29)30)24-14-12-23(13-15-24)22-6-4-3-5-7-22/h3-7,12-17,19-21H,8-11,18H2,1-2H3. The molecule has 156 valence electrons. The van der Waals surface area contributed by atoms with E-state index in [1.165, 1.54) is 42.4 Å². The Labute approximate surface area is 178 Å². The summed E-state index contributed by atoms with van der Waals surface area (Å²) in [6.07, 6.45) is 9.59. The Hall–Kier alpha value is -2.88. The van der Waals surface area contributed by atoms with Crippen LogP contribution < -0.4 is 0 Å². The van der Waals surface area contributed by atoms with Crippen molar-refractivity contribution in [3.05, 3.63) is 88.7 Å². The van der Waals surface area contributed by atoms with Crippen molar-refractivity contribution in [2.75, 3.05) is 0 Å². The van der Waals surface area contributed by atoms with Crippen molar-refractivity contribution < 1.29 is 4.92 Å². The molecule has 3 aromatic rings. The van der Waals surface area contributed by atoms with Gasteiger partial charge in [-0.15, -0.1) is 0 Å². The van der Waals surface area contributed by atoms with Crippen LogP contribution >= 0.6 is 0 Å². The van der Waals surface area contributed by atoms with Gasteiger partial charge >= 0.3 is 0 Å². The van der Waals surface area contributed by atoms with E-state index in [9.17, 15) is 10.1 Å². The molecule has 1 unspecified atom stereocenters. The van der Waals surface area contributed by atoms with Gasteiger partial charge in [-0.25, -0.2) is 0 Å². The fourth-order valence-corrected chi connectivity index (χ4v) is 4.92. The molecule has 2 aromatic carbocycles. The van der Waals surface area contributed by atoms with Crippen molar-refractivity contribution in [2.45, 2.75) is 51.5 Å². The SMILES string of the molecule is CC1CCC(CC(C)(c2ccc(-c3ccccc3)cc2)n2ccc([N+](=O)[O-])c2)CC1. The topological polar surface area (TPSA) is 48.1 Å². The summed E-state index contributed by atoms with van der Waals surface area (Å²) in [6, 6.07) is 20.7. The van der Waals surface area contributed by atoms with Crippen molar-refractivity contribution in [2.24, 2.45) is 11.8 Å². The molecular formula is C26H30N2O2. The Bertz CT molecular complexity index is 985. The van der Waals surface area contributed by atoms with Gasteiger partial charge in [0.2, 0.25) is 0 Å². The van der Waals surface area contributed by atoms with Gasteiger partial charge in [0, 0.05) is 12.3 Å². The zero-order chi connectivity index (χ0) is 21.1. The quantitative estimate of drug-likeness (QED) is 0.328. The van der Waals surface area contributed by atoms with E-state index >= 15 is 0 Å². The first-order valence-corrected chi connectivity index (χ1v) is 10.9. The third-order valence-electron chi connectivity index (χ3n) is 6.89. The first kappa shape index (κ1) is 20.4. The van der Waals surface area contributed by atoms with Gasteiger partial charge in [0.25, 0.3) is 5.69 Å². The minimum Gasteiger partial charge on any atom is -0.338 e. The molecule has 0 bridgehead atoms. The molecule has 0 amide bonds. The van der Waals surface area contributed by atoms with Crippen LogP contribution in [-0.2, 0) is 5.54 Å². The molecule has 1 saturated carbocycles. The maximum Gasteiger partial charge on any atom is 0.286 e. The van der Waals surface area contributed by atoms with Crippen molar-refractivity contribution in [3.8, 4) is 11.1 Å². The highest BCUT2D eigenvalue weighted by atomic mass is 16.6. The lowest BCUT2D eigenvalue weighted by Gasteiger charge is -2.38. The molecule has 0 saturated heterocycles. The van der Waals surface area contributed by atoms with E-state index in [0.717, 1.165) is 12.3 Å². The van der Waals surface area contributed by atoms with Crippen LogP contribution in [0.5, 0.6) is 0 Å². The third kappa shape index (κ3) is 4.18. The van der Waals surface area contributed by atoms with Gasteiger partial charge in [0.1, 0.15) is 0 Å². The second-order valence-electron chi connectivity index (χ2n) is 9.08. The number of hydrogen-bond acceptors (Lipinski definition) is 2. The molecular weight excluding hydrogens is 372 g/mol. The normalized spacial score (nSPS) is 21.1. The molecule has 1 aliphatic carbocycles. The monoisotopic (exact) mass is 402 g/mol. The van der Waals surface area contributed by atoms with E-state index < -0.39 is 0 Å². The van der Waals surface area contributed by atoms with Crippen molar-refractivity contribution in [1.82, 2.24) is 4.57 Å². The highest BCUT2D eigenvalue weighted by Gasteiger charge is 2.34. The van der Waals surface area contributed by atoms with Crippen molar-refractivity contribution >= 4 is 5.69 Å². The summed E-state index contributed by atoms with van der Waals surface area (Å²) in [5.74, 6) is 1.45. The minimum atomic E-state index is -0.311. The predicted octanol–water partition coefficient (Wildman–Crippen LogP) is 7.04. The van der Waals surface area contributed by atoms with E-state index in [1.807, 2.05) is 12.3 Å². The molecule has 0 N–H and O–H groups in total. The summed E-state index contributed by atoms with van der Waals surface area (Å²) in [7, 11) is 0. The average Bonchev–Trinajstić information content (AvgIpc) is 3.28. The summed E-state index contributed by atoms with van der Waals surface area (Å²) in [5, 5.41) is 11.3. The number of benzene rings is 2. The van der Waals surface area contributed by atoms with Crippen LogP contribution in [0.4, 0.5) is 5.69 Å². The van der Waals surface area contributed by atoms with Crippen LogP contribution in [0.3, 0.4) is 0 Å². The van der Waals surface area contributed by atoms with Crippen LogP contribution in [0.15, 0.2) is 73.1 Å². The second kappa shape index (κ2) is 8.47. The lowest BCUT2D eigenvalue weighted by Crippen LogP contribution is -2.34. The zero-order valence-corrected chi connectivity index (χ0v) is 17.8. The number of rotatable bonds is 6. The molecule has 0 spiro atoms. The first-order valence-electron chi connectivity index (χ1n) is 10.9. The highest BCUT2D eigenvalue weighted by molar-refractivity contribution is 5.63. The van der Waals surface area contributed by atoms with E-state index in [-0.39, 0.29) is 16.1 Å². The number of aromatic nitrogens is 1. The molecule has 4 heteroatoms. The summed E-state index contributed by atoms with van der Waals surface area (Å²) in [4.78, 5) is 11.0. The molecule has 4 nitrogen and oxygen atoms in total. The van der Waals surface area contributed by atoms with Crippen molar-refractivity contribution in [1.29, 1.82) is 0 Å². The maximum atomic E-state index is 11.3. The van der Waals surface area contributed by atoms with Crippen LogP contribution in [-0.4, -0.2) is 9.49 Å². The van der Waals surface area contributed by atoms with Crippen LogP contribution in [0.2, 0.25) is 0 Å². The zero-order valence-electron chi connectivity index (χ0n) is 17.8. The Morgan fingerprint density at radius 1 is 0.967 bits per heavy atom. The van der Waals surface area contributed by atoms with Crippen LogP contribution in [0.25, 0.3) is 11.1 Å². The van der Waals surface area contributed by atoms with Gasteiger partial charge < -0.3 is 4.57 Å². The van der Waals surface area contributed by atoms with Gasteiger partial charge in [0.05, 0.1) is 16.7 Å². The molecule has 1 heterocycles. The molecule has 30 heavy (non-hydrogen) atoms. The molecule has 1 aromatic heterocycles. The maximum absolute atomic E-state index is 11.3. The molecule has 0 aliphatic heterocycles. The lowest BCUT2D eigenvalue weighted by molar-refractivity contribution is -0.384. The van der Waals surface area contributed by atoms with Gasteiger partial charge in [0.15, 0.2) is 0 Å². The predicted molar refractivity (Wildman–Crippen MR) is 121 cm³/mol. The fourth-order valence-electron chi connectivity index (χ4n) is 4.92. The van der Waals surface area contributed by atoms with Crippen molar-refractivity contribution in [3.63, 3.8) is 0 Å². The number of hydrogen-bond donors (Lipinski definition) is 0. The Morgan fingerprint density at radius 3 is 2.20 bits per heavy atom. The van der Waals surface area contributed by atoms with E-state index in [4.69, 9.17) is 0 Å². The smallest absolute Gasteiger partial charge is 0.286 e. The lowest BCUT2D eigenvalue weighted by atomic mass is 9.74. The summed E-state index contributed by atoms with van der Waals surface area (Å²) in [6.45, 7) is 4.57. The van der Waals surface area contributed by atoms with E-state index in [0.29, 0.717) is 5.92 Å². The second-order valence-corrected chi connectivity index (χ2v) is 9.08. The Kier molecular flexibility index (Phi) is 5.76. The first-order chi connectivity index (χ1) is 14.5. The Morgan fingerprint density at radius 2 is 1.60 bits per heavy atom.